The normalized spacial score (nSPS) is 11.0. The topological polar surface area (TPSA) is 49.8 Å². The van der Waals surface area contributed by atoms with Crippen LogP contribution in [-0.2, 0) is 4.74 Å². The zero-order chi connectivity index (χ0) is 16.0. The maximum atomic E-state index is 14.5. The zero-order valence-electron chi connectivity index (χ0n) is 12.5. The summed E-state index contributed by atoms with van der Waals surface area (Å²) in [6, 6.07) is 3.13. The van der Waals surface area contributed by atoms with E-state index in [4.69, 9.17) is 9.84 Å². The van der Waals surface area contributed by atoms with E-state index in [1.54, 1.807) is 7.11 Å². The van der Waals surface area contributed by atoms with Crippen LogP contribution in [0.2, 0.25) is 0 Å². The highest BCUT2D eigenvalue weighted by Gasteiger charge is 2.23. The first-order chi connectivity index (χ1) is 9.97. The monoisotopic (exact) mass is 361 g/mol. The molecule has 0 aliphatic carbocycles. The first-order valence-electron chi connectivity index (χ1n) is 6.94. The second-order valence-corrected chi connectivity index (χ2v) is 5.51. The summed E-state index contributed by atoms with van der Waals surface area (Å²) in [5, 5.41) is 9.03. The van der Waals surface area contributed by atoms with Crippen molar-refractivity contribution in [2.45, 2.75) is 32.7 Å². The Labute approximate surface area is 133 Å². The van der Waals surface area contributed by atoms with Crippen LogP contribution in [0.4, 0.5) is 10.1 Å². The van der Waals surface area contributed by atoms with Crippen LogP contribution in [0.1, 0.15) is 37.0 Å². The van der Waals surface area contributed by atoms with Gasteiger partial charge in [0.15, 0.2) is 5.82 Å². The van der Waals surface area contributed by atoms with Crippen LogP contribution < -0.4 is 4.90 Å². The van der Waals surface area contributed by atoms with Gasteiger partial charge in [-0.3, -0.25) is 0 Å². The maximum absolute atomic E-state index is 14.5. The van der Waals surface area contributed by atoms with E-state index < -0.39 is 11.8 Å². The van der Waals surface area contributed by atoms with Crippen LogP contribution in [0, 0.1) is 5.82 Å². The van der Waals surface area contributed by atoms with Gasteiger partial charge in [0, 0.05) is 19.7 Å². The van der Waals surface area contributed by atoms with Gasteiger partial charge >= 0.3 is 5.97 Å². The molecule has 1 aromatic rings. The molecule has 0 heterocycles. The number of halogens is 2. The highest BCUT2D eigenvalue weighted by atomic mass is 79.9. The summed E-state index contributed by atoms with van der Waals surface area (Å²) in [7, 11) is 1.60. The van der Waals surface area contributed by atoms with E-state index >= 15 is 0 Å². The number of hydrogen-bond acceptors (Lipinski definition) is 3. The van der Waals surface area contributed by atoms with Gasteiger partial charge in [0.25, 0.3) is 0 Å². The standard InChI is InChI=1S/C15H21BrFNO3/c1-4-10(5-2)18(8-9-21-3)12-7-6-11(15(19)20)13(16)14(12)17/h6-7,10H,4-5,8-9H2,1-3H3,(H,19,20). The molecule has 0 unspecified atom stereocenters. The van der Waals surface area contributed by atoms with Gasteiger partial charge in [-0.15, -0.1) is 0 Å². The number of carbonyl (C=O) groups is 1. The zero-order valence-corrected chi connectivity index (χ0v) is 14.1. The van der Waals surface area contributed by atoms with E-state index in [1.807, 2.05) is 18.7 Å². The molecule has 1 N–H and O–H groups in total. The number of aromatic carboxylic acids is 1. The van der Waals surface area contributed by atoms with Gasteiger partial charge in [0.05, 0.1) is 22.3 Å². The quantitative estimate of drug-likeness (QED) is 0.761. The minimum Gasteiger partial charge on any atom is -0.478 e. The van der Waals surface area contributed by atoms with E-state index in [0.29, 0.717) is 18.8 Å². The molecule has 0 aliphatic heterocycles. The average molecular weight is 362 g/mol. The number of rotatable bonds is 8. The molecular formula is C15H21BrFNO3. The summed E-state index contributed by atoms with van der Waals surface area (Å²) in [4.78, 5) is 13.0. The van der Waals surface area contributed by atoms with Crippen LogP contribution in [0.15, 0.2) is 16.6 Å². The number of hydrogen-bond donors (Lipinski definition) is 1. The fourth-order valence-electron chi connectivity index (χ4n) is 2.35. The lowest BCUT2D eigenvalue weighted by Gasteiger charge is -2.33. The number of ether oxygens (including phenoxy) is 1. The largest absolute Gasteiger partial charge is 0.478 e. The number of carboxylic acids is 1. The Morgan fingerprint density at radius 3 is 2.52 bits per heavy atom. The lowest BCUT2D eigenvalue weighted by atomic mass is 10.1. The summed E-state index contributed by atoms with van der Waals surface area (Å²) in [5.74, 6) is -1.70. The van der Waals surface area contributed by atoms with Crippen LogP contribution in [-0.4, -0.2) is 37.4 Å². The molecule has 0 bridgehead atoms. The van der Waals surface area contributed by atoms with E-state index in [0.717, 1.165) is 12.8 Å². The predicted octanol–water partition coefficient (Wildman–Crippen LogP) is 3.93. The molecule has 0 saturated heterocycles. The number of anilines is 1. The molecule has 0 aromatic heterocycles. The first-order valence-corrected chi connectivity index (χ1v) is 7.74. The smallest absolute Gasteiger partial charge is 0.336 e. The number of benzene rings is 1. The van der Waals surface area contributed by atoms with E-state index in [2.05, 4.69) is 15.9 Å². The predicted molar refractivity (Wildman–Crippen MR) is 84.7 cm³/mol. The fourth-order valence-corrected chi connectivity index (χ4v) is 2.85. The number of nitrogens with zero attached hydrogens (tertiary/aromatic N) is 1. The van der Waals surface area contributed by atoms with Crippen molar-refractivity contribution < 1.29 is 19.0 Å². The van der Waals surface area contributed by atoms with Crippen LogP contribution in [0.5, 0.6) is 0 Å². The minimum atomic E-state index is -1.15. The van der Waals surface area contributed by atoms with Crippen molar-refractivity contribution in [3.05, 3.63) is 28.0 Å². The van der Waals surface area contributed by atoms with Gasteiger partial charge < -0.3 is 14.7 Å². The van der Waals surface area contributed by atoms with Gasteiger partial charge in [-0.25, -0.2) is 9.18 Å². The average Bonchev–Trinajstić information content (AvgIpc) is 2.46. The second kappa shape index (κ2) is 8.34. The fraction of sp³-hybridized carbons (Fsp3) is 0.533. The maximum Gasteiger partial charge on any atom is 0.336 e. The summed E-state index contributed by atoms with van der Waals surface area (Å²) < 4.78 is 19.6. The molecule has 0 saturated carbocycles. The van der Waals surface area contributed by atoms with Crippen molar-refractivity contribution in [3.8, 4) is 0 Å². The Morgan fingerprint density at radius 2 is 2.05 bits per heavy atom. The van der Waals surface area contributed by atoms with E-state index in [9.17, 15) is 9.18 Å². The molecule has 21 heavy (non-hydrogen) atoms. The molecule has 0 fully saturated rings. The second-order valence-electron chi connectivity index (χ2n) is 4.72. The molecule has 0 spiro atoms. The lowest BCUT2D eigenvalue weighted by molar-refractivity contribution is 0.0695. The van der Waals surface area contributed by atoms with Gasteiger partial charge in [-0.2, -0.15) is 0 Å². The Morgan fingerprint density at radius 1 is 1.43 bits per heavy atom. The summed E-state index contributed by atoms with van der Waals surface area (Å²) >= 11 is 3.05. The van der Waals surface area contributed by atoms with E-state index in [-0.39, 0.29) is 16.1 Å². The van der Waals surface area contributed by atoms with Gasteiger partial charge in [0.2, 0.25) is 0 Å². The Bertz CT molecular complexity index is 492. The summed E-state index contributed by atoms with van der Waals surface area (Å²) in [6.07, 6.45) is 1.75. The molecule has 0 aliphatic rings. The van der Waals surface area contributed by atoms with E-state index in [1.165, 1.54) is 12.1 Å². The van der Waals surface area contributed by atoms with Crippen LogP contribution in [0.3, 0.4) is 0 Å². The lowest BCUT2D eigenvalue weighted by Crippen LogP contribution is -2.37. The summed E-state index contributed by atoms with van der Waals surface area (Å²) in [6.45, 7) is 5.13. The molecule has 1 aromatic carbocycles. The Hall–Kier alpha value is -1.14. The third-order valence-electron chi connectivity index (χ3n) is 3.52. The van der Waals surface area contributed by atoms with Gasteiger partial charge in [-0.05, 0) is 40.9 Å². The van der Waals surface area contributed by atoms with Crippen molar-refractivity contribution in [3.63, 3.8) is 0 Å². The van der Waals surface area contributed by atoms with Gasteiger partial charge in [0.1, 0.15) is 0 Å². The van der Waals surface area contributed by atoms with Crippen LogP contribution >= 0.6 is 15.9 Å². The Kier molecular flexibility index (Phi) is 7.11. The number of methoxy groups -OCH3 is 1. The molecule has 6 heteroatoms. The molecule has 0 radical (unpaired) electrons. The van der Waals surface area contributed by atoms with Crippen molar-refractivity contribution in [2.24, 2.45) is 0 Å². The molecule has 4 nitrogen and oxygen atoms in total. The SMILES string of the molecule is CCC(CC)N(CCOC)c1ccc(C(=O)O)c(Br)c1F. The third kappa shape index (κ3) is 4.17. The minimum absolute atomic E-state index is 0.0131. The van der Waals surface area contributed by atoms with Crippen LogP contribution in [0.25, 0.3) is 0 Å². The molecule has 118 valence electrons. The highest BCUT2D eigenvalue weighted by molar-refractivity contribution is 9.10. The van der Waals surface area contributed by atoms with Crippen molar-refractivity contribution in [2.75, 3.05) is 25.2 Å². The molecule has 1 rings (SSSR count). The molecule has 0 atom stereocenters. The van der Waals surface area contributed by atoms with Crippen molar-refractivity contribution in [1.82, 2.24) is 0 Å². The summed E-state index contributed by atoms with van der Waals surface area (Å²) in [5.41, 5.74) is 0.324. The first kappa shape index (κ1) is 17.9. The van der Waals surface area contributed by atoms with Crippen molar-refractivity contribution in [1.29, 1.82) is 0 Å². The van der Waals surface area contributed by atoms with Crippen molar-refractivity contribution >= 4 is 27.6 Å². The number of carboxylic acid groups (broad SMARTS) is 1. The highest BCUT2D eigenvalue weighted by Crippen LogP contribution is 2.31. The Balaban J connectivity index is 3.24. The third-order valence-corrected chi connectivity index (χ3v) is 4.30. The molecule has 0 amide bonds. The molecular weight excluding hydrogens is 341 g/mol. The van der Waals surface area contributed by atoms with Gasteiger partial charge in [-0.1, -0.05) is 13.8 Å².